The summed E-state index contributed by atoms with van der Waals surface area (Å²) in [4.78, 5) is 7.78. The standard InChI is InChI=1S/C45H27F3N4/c1-24-5-7-25(8-6-24)27-11-15-30-32-21-40-34(19-38(32)42(51-23-49)36(30)17-27)35-20-39-33(22-41(35)44(40,2)3)31-16-12-28(18-37(31)43(39)52-50-4)26-9-13-29(14-10-26)45(46,47)48/h5-22H,1-3H3/b51-42?,52-43-. The molecule has 0 unspecified atom stereocenters. The third-order valence-electron chi connectivity index (χ3n) is 10.8. The largest absolute Gasteiger partial charge is 0.416 e. The molecule has 0 N–H and O–H groups in total. The molecule has 9 rings (SSSR count). The summed E-state index contributed by atoms with van der Waals surface area (Å²) < 4.78 is 39.7. The molecule has 0 saturated carbocycles. The van der Waals surface area contributed by atoms with E-state index in [1.807, 2.05) is 24.4 Å². The van der Waals surface area contributed by atoms with E-state index >= 15 is 0 Å². The quantitative estimate of drug-likeness (QED) is 0.102. The molecule has 52 heavy (non-hydrogen) atoms. The lowest BCUT2D eigenvalue weighted by Gasteiger charge is -2.22. The first-order chi connectivity index (χ1) is 25.0. The Balaban J connectivity index is 1.16. The summed E-state index contributed by atoms with van der Waals surface area (Å²) in [6.45, 7) is 14.2. The van der Waals surface area contributed by atoms with Crippen molar-refractivity contribution in [3.8, 4) is 61.8 Å². The van der Waals surface area contributed by atoms with Gasteiger partial charge in [-0.05, 0) is 122 Å². The first-order valence-corrected chi connectivity index (χ1v) is 16.8. The number of halogens is 3. The molecule has 0 saturated heterocycles. The molecule has 0 atom stereocenters. The molecular formula is C45H27F3N4. The van der Waals surface area contributed by atoms with Crippen LogP contribution in [0.3, 0.4) is 0 Å². The summed E-state index contributed by atoms with van der Waals surface area (Å²) >= 11 is 0. The SMILES string of the molecule is [C-]#[N+]/N=C1/c2cc(-c3ccc(C(F)(F)F)cc3)ccc2-c2cc3c(cc21)-c1cc2c(cc1C3(C)C)-c1ccc(-c3ccc(C)cc3)cc1C2=NC#N. The highest BCUT2D eigenvalue weighted by molar-refractivity contribution is 6.27. The number of nitrogens with zero attached hydrogens (tertiary/aromatic N) is 4. The Bertz CT molecular complexity index is 2700. The van der Waals surface area contributed by atoms with Gasteiger partial charge in [0.2, 0.25) is 6.19 Å². The number of fused-ring (bicyclic) bond motifs is 9. The fraction of sp³-hybridized carbons (Fsp3) is 0.111. The number of rotatable bonds is 2. The molecule has 3 aliphatic carbocycles. The minimum absolute atomic E-state index is 0.369. The highest BCUT2D eigenvalue weighted by Crippen LogP contribution is 2.55. The maximum atomic E-state index is 13.2. The van der Waals surface area contributed by atoms with Crippen LogP contribution in [0.15, 0.2) is 119 Å². The molecule has 7 heteroatoms. The van der Waals surface area contributed by atoms with E-state index in [-0.39, 0.29) is 5.41 Å². The van der Waals surface area contributed by atoms with Gasteiger partial charge in [-0.15, -0.1) is 4.95 Å². The van der Waals surface area contributed by atoms with Crippen LogP contribution in [-0.4, -0.2) is 11.4 Å². The lowest BCUT2D eigenvalue weighted by molar-refractivity contribution is -0.137. The molecule has 0 bridgehead atoms. The van der Waals surface area contributed by atoms with Crippen LogP contribution < -0.4 is 0 Å². The van der Waals surface area contributed by atoms with E-state index < -0.39 is 11.7 Å². The van der Waals surface area contributed by atoms with Crippen LogP contribution in [0.4, 0.5) is 13.2 Å². The van der Waals surface area contributed by atoms with Gasteiger partial charge in [-0.25, -0.2) is 0 Å². The third-order valence-corrected chi connectivity index (χ3v) is 10.8. The molecular weight excluding hydrogens is 654 g/mol. The van der Waals surface area contributed by atoms with Crippen molar-refractivity contribution in [2.24, 2.45) is 10.1 Å². The molecule has 0 aromatic heterocycles. The van der Waals surface area contributed by atoms with Gasteiger partial charge in [-0.2, -0.15) is 30.0 Å². The maximum absolute atomic E-state index is 13.2. The number of aliphatic imine (C=N–C) groups is 1. The average Bonchev–Trinajstić information content (AvgIpc) is 3.69. The molecule has 6 aromatic carbocycles. The molecule has 3 aliphatic rings. The van der Waals surface area contributed by atoms with Crippen LogP contribution in [0, 0.1) is 25.0 Å². The summed E-state index contributed by atoms with van der Waals surface area (Å²) in [5.41, 5.74) is 16.6. The van der Waals surface area contributed by atoms with E-state index in [9.17, 15) is 18.4 Å². The first kappa shape index (κ1) is 31.4. The van der Waals surface area contributed by atoms with Crippen molar-refractivity contribution in [3.05, 3.63) is 165 Å². The molecule has 0 amide bonds. The molecule has 248 valence electrons. The van der Waals surface area contributed by atoms with Gasteiger partial charge in [0, 0.05) is 27.7 Å². The van der Waals surface area contributed by atoms with Gasteiger partial charge in [0.1, 0.15) is 0 Å². The number of benzene rings is 6. The Morgan fingerprint density at radius 2 is 1.04 bits per heavy atom. The van der Waals surface area contributed by atoms with Gasteiger partial charge < -0.3 is 0 Å². The lowest BCUT2D eigenvalue weighted by atomic mass is 9.80. The topological polar surface area (TPSA) is 52.9 Å². The number of nitriles is 1. The summed E-state index contributed by atoms with van der Waals surface area (Å²) in [7, 11) is 0. The monoisotopic (exact) mass is 680 g/mol. The fourth-order valence-corrected chi connectivity index (χ4v) is 8.19. The van der Waals surface area contributed by atoms with E-state index in [0.717, 1.165) is 90.0 Å². The van der Waals surface area contributed by atoms with E-state index in [2.05, 4.69) is 103 Å². The molecule has 0 heterocycles. The fourth-order valence-electron chi connectivity index (χ4n) is 8.19. The predicted octanol–water partition coefficient (Wildman–Crippen LogP) is 11.6. The number of hydrogen-bond donors (Lipinski definition) is 0. The van der Waals surface area contributed by atoms with Gasteiger partial charge in [-0.1, -0.05) is 80.1 Å². The highest BCUT2D eigenvalue weighted by Gasteiger charge is 2.41. The van der Waals surface area contributed by atoms with Crippen LogP contribution in [0.1, 0.15) is 58.4 Å². The zero-order valence-corrected chi connectivity index (χ0v) is 28.3. The van der Waals surface area contributed by atoms with Crippen molar-refractivity contribution in [2.75, 3.05) is 0 Å². The summed E-state index contributed by atoms with van der Waals surface area (Å²) in [6.07, 6.45) is -2.37. The Labute approximate surface area is 298 Å². The smallest absolute Gasteiger partial charge is 0.181 e. The van der Waals surface area contributed by atoms with Crippen molar-refractivity contribution in [2.45, 2.75) is 32.4 Å². The normalized spacial score (nSPS) is 15.7. The predicted molar refractivity (Wildman–Crippen MR) is 199 cm³/mol. The van der Waals surface area contributed by atoms with Crippen LogP contribution in [-0.2, 0) is 11.6 Å². The van der Waals surface area contributed by atoms with Gasteiger partial charge in [0.15, 0.2) is 5.71 Å². The molecule has 6 aromatic rings. The van der Waals surface area contributed by atoms with Gasteiger partial charge in [0.25, 0.3) is 0 Å². The third kappa shape index (κ3) is 4.53. The van der Waals surface area contributed by atoms with Gasteiger partial charge in [0.05, 0.1) is 16.4 Å². The second kappa shape index (κ2) is 11.0. The van der Waals surface area contributed by atoms with Crippen molar-refractivity contribution in [1.29, 1.82) is 5.26 Å². The molecule has 0 aliphatic heterocycles. The Hall–Kier alpha value is -6.57. The van der Waals surface area contributed by atoms with Gasteiger partial charge in [-0.3, -0.25) is 0 Å². The first-order valence-electron chi connectivity index (χ1n) is 16.8. The van der Waals surface area contributed by atoms with Crippen molar-refractivity contribution in [1.82, 2.24) is 0 Å². The number of hydrogen-bond acceptors (Lipinski definition) is 3. The van der Waals surface area contributed by atoms with Crippen LogP contribution in [0.25, 0.3) is 60.6 Å². The Kier molecular flexibility index (Phi) is 6.62. The van der Waals surface area contributed by atoms with Crippen molar-refractivity contribution >= 4 is 11.4 Å². The minimum atomic E-state index is -4.42. The zero-order valence-electron chi connectivity index (χ0n) is 28.3. The minimum Gasteiger partial charge on any atom is -0.181 e. The maximum Gasteiger partial charge on any atom is 0.416 e. The van der Waals surface area contributed by atoms with Crippen LogP contribution in [0.5, 0.6) is 0 Å². The molecule has 0 spiro atoms. The van der Waals surface area contributed by atoms with E-state index in [1.165, 1.54) is 23.3 Å². The second-order valence-electron chi connectivity index (χ2n) is 14.1. The second-order valence-corrected chi connectivity index (χ2v) is 14.1. The van der Waals surface area contributed by atoms with Crippen LogP contribution in [0.2, 0.25) is 0 Å². The average molecular weight is 681 g/mol. The van der Waals surface area contributed by atoms with E-state index in [1.54, 1.807) is 0 Å². The van der Waals surface area contributed by atoms with Crippen molar-refractivity contribution in [3.63, 3.8) is 0 Å². The number of alkyl halides is 3. The Morgan fingerprint density at radius 3 is 1.54 bits per heavy atom. The lowest BCUT2D eigenvalue weighted by Crippen LogP contribution is -2.15. The molecule has 0 fully saturated rings. The van der Waals surface area contributed by atoms with Crippen molar-refractivity contribution < 1.29 is 13.2 Å². The molecule has 0 radical (unpaired) electrons. The summed E-state index contributed by atoms with van der Waals surface area (Å²) in [5.74, 6) is 0. The van der Waals surface area contributed by atoms with Crippen LogP contribution >= 0.6 is 0 Å². The zero-order chi connectivity index (χ0) is 36.1. The highest BCUT2D eigenvalue weighted by atomic mass is 19.4. The Morgan fingerprint density at radius 1 is 0.577 bits per heavy atom. The summed E-state index contributed by atoms with van der Waals surface area (Å²) in [5, 5.41) is 14.1. The van der Waals surface area contributed by atoms with E-state index in [4.69, 9.17) is 6.57 Å². The van der Waals surface area contributed by atoms with Gasteiger partial charge >= 0.3 is 6.18 Å². The molecule has 4 nitrogen and oxygen atoms in total. The summed E-state index contributed by atoms with van der Waals surface area (Å²) in [6, 6.07) is 34.4. The van der Waals surface area contributed by atoms with E-state index in [0.29, 0.717) is 17.0 Å². The number of aryl methyl sites for hydroxylation is 1.